The molecule has 0 amide bonds. The average molecular weight is 297 g/mol. The van der Waals surface area contributed by atoms with Crippen LogP contribution in [-0.2, 0) is 6.54 Å². The molecule has 0 aromatic carbocycles. The topological polar surface area (TPSA) is 24.9 Å². The fraction of sp³-hybridized carbons (Fsp3) is 0.250. The van der Waals surface area contributed by atoms with E-state index in [0.29, 0.717) is 6.04 Å². The first-order valence-electron chi connectivity index (χ1n) is 5.13. The van der Waals surface area contributed by atoms with E-state index in [-0.39, 0.29) is 0 Å². The molecule has 0 saturated carbocycles. The Morgan fingerprint density at radius 3 is 3.00 bits per heavy atom. The Hall–Kier alpha value is -0.710. The maximum atomic E-state index is 4.28. The SMILES string of the molecule is CC(NCc1ccccn1)c1cc(Br)cs1. The molecule has 0 saturated heterocycles. The van der Waals surface area contributed by atoms with Crippen LogP contribution in [0.4, 0.5) is 0 Å². The van der Waals surface area contributed by atoms with Crippen molar-refractivity contribution in [3.8, 4) is 0 Å². The first kappa shape index (κ1) is 11.8. The number of rotatable bonds is 4. The van der Waals surface area contributed by atoms with E-state index in [1.165, 1.54) is 4.88 Å². The lowest BCUT2D eigenvalue weighted by Crippen LogP contribution is -2.17. The van der Waals surface area contributed by atoms with Gasteiger partial charge in [0.1, 0.15) is 0 Å². The van der Waals surface area contributed by atoms with Crippen LogP contribution in [0.15, 0.2) is 40.3 Å². The van der Waals surface area contributed by atoms with Crippen LogP contribution in [0.1, 0.15) is 23.5 Å². The zero-order chi connectivity index (χ0) is 11.4. The molecule has 2 nitrogen and oxygen atoms in total. The Bertz CT molecular complexity index is 441. The molecular weight excluding hydrogens is 284 g/mol. The van der Waals surface area contributed by atoms with Crippen LogP contribution in [0, 0.1) is 0 Å². The predicted molar refractivity (Wildman–Crippen MR) is 71.5 cm³/mol. The van der Waals surface area contributed by atoms with Crippen molar-refractivity contribution in [1.29, 1.82) is 0 Å². The van der Waals surface area contributed by atoms with E-state index in [1.807, 2.05) is 24.4 Å². The first-order chi connectivity index (χ1) is 7.75. The second-order valence-electron chi connectivity index (χ2n) is 3.59. The number of halogens is 1. The zero-order valence-electron chi connectivity index (χ0n) is 8.98. The van der Waals surface area contributed by atoms with Crippen molar-refractivity contribution in [3.63, 3.8) is 0 Å². The summed E-state index contributed by atoms with van der Waals surface area (Å²) in [7, 11) is 0. The van der Waals surface area contributed by atoms with Gasteiger partial charge in [0.25, 0.3) is 0 Å². The summed E-state index contributed by atoms with van der Waals surface area (Å²) in [6, 6.07) is 8.49. The number of hydrogen-bond donors (Lipinski definition) is 1. The standard InChI is InChI=1S/C12H13BrN2S/c1-9(12-6-10(13)8-16-12)15-7-11-4-2-3-5-14-11/h2-6,8-9,15H,7H2,1H3. The van der Waals surface area contributed by atoms with Crippen LogP contribution in [0.5, 0.6) is 0 Å². The van der Waals surface area contributed by atoms with E-state index in [0.717, 1.165) is 16.7 Å². The Morgan fingerprint density at radius 1 is 1.50 bits per heavy atom. The molecule has 0 aliphatic rings. The van der Waals surface area contributed by atoms with Gasteiger partial charge in [0.15, 0.2) is 0 Å². The number of pyridine rings is 1. The summed E-state index contributed by atoms with van der Waals surface area (Å²) in [6.45, 7) is 2.97. The van der Waals surface area contributed by atoms with E-state index in [4.69, 9.17) is 0 Å². The summed E-state index contributed by atoms with van der Waals surface area (Å²) in [6.07, 6.45) is 1.82. The van der Waals surface area contributed by atoms with E-state index in [2.05, 4.69) is 44.6 Å². The normalized spacial score (nSPS) is 12.6. The first-order valence-corrected chi connectivity index (χ1v) is 6.80. The molecule has 2 aromatic heterocycles. The Kier molecular flexibility index (Phi) is 4.09. The number of nitrogens with zero attached hydrogens (tertiary/aromatic N) is 1. The lowest BCUT2D eigenvalue weighted by atomic mass is 10.2. The van der Waals surface area contributed by atoms with Gasteiger partial charge in [0.05, 0.1) is 5.69 Å². The lowest BCUT2D eigenvalue weighted by Gasteiger charge is -2.11. The van der Waals surface area contributed by atoms with E-state index >= 15 is 0 Å². The van der Waals surface area contributed by atoms with Crippen molar-refractivity contribution in [2.75, 3.05) is 0 Å². The molecule has 16 heavy (non-hydrogen) atoms. The van der Waals surface area contributed by atoms with Gasteiger partial charge in [0.2, 0.25) is 0 Å². The second-order valence-corrected chi connectivity index (χ2v) is 5.45. The fourth-order valence-corrected chi connectivity index (χ4v) is 2.89. The molecule has 2 aromatic rings. The monoisotopic (exact) mass is 296 g/mol. The highest BCUT2D eigenvalue weighted by atomic mass is 79.9. The van der Waals surface area contributed by atoms with Gasteiger partial charge >= 0.3 is 0 Å². The molecule has 0 fully saturated rings. The Balaban J connectivity index is 1.91. The smallest absolute Gasteiger partial charge is 0.0541 e. The molecule has 2 heterocycles. The van der Waals surface area contributed by atoms with Crippen LogP contribution in [0.3, 0.4) is 0 Å². The molecule has 0 spiro atoms. The maximum absolute atomic E-state index is 4.28. The maximum Gasteiger partial charge on any atom is 0.0541 e. The van der Waals surface area contributed by atoms with Crippen LogP contribution in [0.2, 0.25) is 0 Å². The third kappa shape index (κ3) is 3.14. The van der Waals surface area contributed by atoms with E-state index in [1.54, 1.807) is 11.3 Å². The number of nitrogens with one attached hydrogen (secondary N) is 1. The molecule has 4 heteroatoms. The molecule has 1 unspecified atom stereocenters. The number of thiophene rings is 1. The summed E-state index contributed by atoms with van der Waals surface area (Å²) in [5.41, 5.74) is 1.07. The molecule has 0 bridgehead atoms. The summed E-state index contributed by atoms with van der Waals surface area (Å²) >= 11 is 5.23. The fourth-order valence-electron chi connectivity index (χ4n) is 1.42. The van der Waals surface area contributed by atoms with Gasteiger partial charge < -0.3 is 5.32 Å². The number of hydrogen-bond acceptors (Lipinski definition) is 3. The molecule has 0 aliphatic heterocycles. The van der Waals surface area contributed by atoms with Crippen molar-refractivity contribution in [2.45, 2.75) is 19.5 Å². The Labute approximate surface area is 108 Å². The highest BCUT2D eigenvalue weighted by Crippen LogP contribution is 2.25. The van der Waals surface area contributed by atoms with Crippen LogP contribution >= 0.6 is 27.3 Å². The molecule has 0 aliphatic carbocycles. The predicted octanol–water partition coefficient (Wildman–Crippen LogP) is 3.76. The zero-order valence-corrected chi connectivity index (χ0v) is 11.4. The van der Waals surface area contributed by atoms with E-state index < -0.39 is 0 Å². The molecule has 1 N–H and O–H groups in total. The van der Waals surface area contributed by atoms with Gasteiger partial charge in [-0.15, -0.1) is 11.3 Å². The summed E-state index contributed by atoms with van der Waals surface area (Å²) < 4.78 is 1.15. The molecule has 2 rings (SSSR count). The minimum atomic E-state index is 0.360. The summed E-state index contributed by atoms with van der Waals surface area (Å²) in [5, 5.41) is 5.56. The van der Waals surface area contributed by atoms with Crippen molar-refractivity contribution < 1.29 is 0 Å². The molecule has 84 valence electrons. The van der Waals surface area contributed by atoms with Gasteiger partial charge in [-0.2, -0.15) is 0 Å². The second kappa shape index (κ2) is 5.57. The Morgan fingerprint density at radius 2 is 2.38 bits per heavy atom. The van der Waals surface area contributed by atoms with Crippen molar-refractivity contribution in [2.24, 2.45) is 0 Å². The molecule has 0 radical (unpaired) electrons. The highest BCUT2D eigenvalue weighted by Gasteiger charge is 2.07. The molecule has 1 atom stereocenters. The third-order valence-electron chi connectivity index (χ3n) is 2.33. The largest absolute Gasteiger partial charge is 0.304 e. The van der Waals surface area contributed by atoms with Gasteiger partial charge in [-0.05, 0) is 41.1 Å². The van der Waals surface area contributed by atoms with Gasteiger partial charge in [-0.3, -0.25) is 4.98 Å². The highest BCUT2D eigenvalue weighted by molar-refractivity contribution is 9.10. The summed E-state index contributed by atoms with van der Waals surface area (Å²) in [4.78, 5) is 5.62. The quantitative estimate of drug-likeness (QED) is 0.929. The van der Waals surface area contributed by atoms with Crippen LogP contribution in [-0.4, -0.2) is 4.98 Å². The minimum Gasteiger partial charge on any atom is -0.304 e. The van der Waals surface area contributed by atoms with Crippen molar-refractivity contribution in [1.82, 2.24) is 10.3 Å². The van der Waals surface area contributed by atoms with E-state index in [9.17, 15) is 0 Å². The third-order valence-corrected chi connectivity index (χ3v) is 4.21. The van der Waals surface area contributed by atoms with Crippen molar-refractivity contribution in [3.05, 3.63) is 50.9 Å². The average Bonchev–Trinajstić information content (AvgIpc) is 2.74. The minimum absolute atomic E-state index is 0.360. The van der Waals surface area contributed by atoms with Crippen LogP contribution < -0.4 is 5.32 Å². The lowest BCUT2D eigenvalue weighted by molar-refractivity contribution is 0.575. The van der Waals surface area contributed by atoms with Gasteiger partial charge in [-0.1, -0.05) is 6.07 Å². The van der Waals surface area contributed by atoms with Gasteiger partial charge in [-0.25, -0.2) is 0 Å². The van der Waals surface area contributed by atoms with Crippen molar-refractivity contribution >= 4 is 27.3 Å². The van der Waals surface area contributed by atoms with Crippen LogP contribution in [0.25, 0.3) is 0 Å². The number of aromatic nitrogens is 1. The van der Waals surface area contributed by atoms with Gasteiger partial charge in [0, 0.05) is 33.5 Å². The summed E-state index contributed by atoms with van der Waals surface area (Å²) in [5.74, 6) is 0. The molecular formula is C12H13BrN2S.